The molecule has 1 saturated carbocycles. The van der Waals surface area contributed by atoms with Crippen molar-refractivity contribution in [3.8, 4) is 0 Å². The van der Waals surface area contributed by atoms with Crippen LogP contribution in [0.4, 0.5) is 0 Å². The molecule has 1 amide bonds. The predicted molar refractivity (Wildman–Crippen MR) is 93.3 cm³/mol. The highest BCUT2D eigenvalue weighted by atomic mass is 16.4. The second-order valence-corrected chi connectivity index (χ2v) is 6.96. The minimum atomic E-state index is -0.812. The van der Waals surface area contributed by atoms with Crippen LogP contribution >= 0.6 is 0 Å². The lowest BCUT2D eigenvalue weighted by molar-refractivity contribution is -0.148. The summed E-state index contributed by atoms with van der Waals surface area (Å²) < 4.78 is 0. The van der Waals surface area contributed by atoms with E-state index in [1.54, 1.807) is 0 Å². The lowest BCUT2D eigenvalue weighted by Gasteiger charge is -2.27. The fourth-order valence-electron chi connectivity index (χ4n) is 3.52. The molecule has 4 heteroatoms. The molecule has 2 unspecified atom stereocenters. The molecule has 0 aromatic carbocycles. The van der Waals surface area contributed by atoms with E-state index < -0.39 is 11.9 Å². The normalized spacial score (nSPS) is 21.1. The molecule has 0 bridgehead atoms. The van der Waals surface area contributed by atoms with Crippen LogP contribution in [0.15, 0.2) is 0 Å². The van der Waals surface area contributed by atoms with Crippen LogP contribution < -0.4 is 5.32 Å². The van der Waals surface area contributed by atoms with Crippen LogP contribution in [0.25, 0.3) is 0 Å². The Morgan fingerprint density at radius 1 is 0.870 bits per heavy atom. The minimum Gasteiger partial charge on any atom is -0.481 e. The van der Waals surface area contributed by atoms with E-state index in [2.05, 4.69) is 12.2 Å². The van der Waals surface area contributed by atoms with E-state index in [1.807, 2.05) is 0 Å². The number of carbonyl (C=O) groups excluding carboxylic acids is 1. The van der Waals surface area contributed by atoms with Gasteiger partial charge in [-0.3, -0.25) is 9.59 Å². The summed E-state index contributed by atoms with van der Waals surface area (Å²) in [6, 6.07) is 0. The Hall–Kier alpha value is -1.06. The standard InChI is InChI=1S/C19H35NO3/c1-2-3-4-5-6-7-8-9-12-15-20-18(21)16-13-10-11-14-17(16)19(22)23/h16-17H,2-15H2,1H3,(H,20,21)(H,22,23). The molecule has 1 aliphatic rings. The third-order valence-electron chi connectivity index (χ3n) is 5.00. The molecule has 2 N–H and O–H groups in total. The monoisotopic (exact) mass is 325 g/mol. The van der Waals surface area contributed by atoms with Crippen molar-refractivity contribution in [1.29, 1.82) is 0 Å². The van der Waals surface area contributed by atoms with Crippen molar-refractivity contribution in [3.05, 3.63) is 0 Å². The molecular weight excluding hydrogens is 290 g/mol. The Morgan fingerprint density at radius 3 is 1.96 bits per heavy atom. The quantitative estimate of drug-likeness (QED) is 0.518. The van der Waals surface area contributed by atoms with Gasteiger partial charge in [-0.1, -0.05) is 71.1 Å². The summed E-state index contributed by atoms with van der Waals surface area (Å²) >= 11 is 0. The summed E-state index contributed by atoms with van der Waals surface area (Å²) in [6.07, 6.45) is 14.6. The van der Waals surface area contributed by atoms with Gasteiger partial charge in [-0.2, -0.15) is 0 Å². The molecule has 1 fully saturated rings. The van der Waals surface area contributed by atoms with Crippen molar-refractivity contribution in [2.45, 2.75) is 90.4 Å². The van der Waals surface area contributed by atoms with Crippen molar-refractivity contribution >= 4 is 11.9 Å². The zero-order chi connectivity index (χ0) is 16.9. The Labute approximate surface area is 141 Å². The number of aliphatic carboxylic acids is 1. The minimum absolute atomic E-state index is 0.0448. The number of nitrogens with one attached hydrogen (secondary N) is 1. The Kier molecular flexibility index (Phi) is 10.8. The third kappa shape index (κ3) is 8.38. The van der Waals surface area contributed by atoms with Crippen molar-refractivity contribution in [2.24, 2.45) is 11.8 Å². The van der Waals surface area contributed by atoms with Gasteiger partial charge in [0.15, 0.2) is 0 Å². The first-order valence-corrected chi connectivity index (χ1v) is 9.67. The van der Waals surface area contributed by atoms with E-state index >= 15 is 0 Å². The molecule has 134 valence electrons. The summed E-state index contributed by atoms with van der Waals surface area (Å²) in [6.45, 7) is 2.93. The molecule has 0 radical (unpaired) electrons. The highest BCUT2D eigenvalue weighted by Crippen LogP contribution is 2.30. The van der Waals surface area contributed by atoms with Crippen molar-refractivity contribution in [1.82, 2.24) is 5.32 Å². The van der Waals surface area contributed by atoms with E-state index in [1.165, 1.54) is 44.9 Å². The van der Waals surface area contributed by atoms with Gasteiger partial charge in [0.1, 0.15) is 0 Å². The number of hydrogen-bond acceptors (Lipinski definition) is 2. The fraction of sp³-hybridized carbons (Fsp3) is 0.895. The van der Waals surface area contributed by atoms with Gasteiger partial charge in [0.05, 0.1) is 11.8 Å². The Morgan fingerprint density at radius 2 is 1.39 bits per heavy atom. The molecule has 4 nitrogen and oxygen atoms in total. The van der Waals surface area contributed by atoms with Gasteiger partial charge in [-0.15, -0.1) is 0 Å². The maximum Gasteiger partial charge on any atom is 0.307 e. The van der Waals surface area contributed by atoms with Gasteiger partial charge in [0, 0.05) is 6.54 Å². The molecule has 23 heavy (non-hydrogen) atoms. The summed E-state index contributed by atoms with van der Waals surface area (Å²) in [4.78, 5) is 23.4. The summed E-state index contributed by atoms with van der Waals surface area (Å²) in [5.74, 6) is -1.66. The van der Waals surface area contributed by atoms with E-state index in [4.69, 9.17) is 0 Å². The number of amides is 1. The second-order valence-electron chi connectivity index (χ2n) is 6.96. The molecule has 0 saturated heterocycles. The summed E-state index contributed by atoms with van der Waals surface area (Å²) in [5.41, 5.74) is 0. The predicted octanol–water partition coefficient (Wildman–Crippen LogP) is 4.52. The van der Waals surface area contributed by atoms with Crippen molar-refractivity contribution in [2.75, 3.05) is 6.54 Å². The van der Waals surface area contributed by atoms with Gasteiger partial charge >= 0.3 is 5.97 Å². The smallest absolute Gasteiger partial charge is 0.307 e. The molecule has 0 spiro atoms. The number of rotatable bonds is 12. The van der Waals surface area contributed by atoms with E-state index in [9.17, 15) is 14.7 Å². The van der Waals surface area contributed by atoms with Gasteiger partial charge in [0.25, 0.3) is 0 Å². The number of unbranched alkanes of at least 4 members (excludes halogenated alkanes) is 8. The first-order valence-electron chi connectivity index (χ1n) is 9.67. The van der Waals surface area contributed by atoms with E-state index in [0.29, 0.717) is 13.0 Å². The zero-order valence-electron chi connectivity index (χ0n) is 14.8. The topological polar surface area (TPSA) is 66.4 Å². The van der Waals surface area contributed by atoms with Crippen LogP contribution in [-0.4, -0.2) is 23.5 Å². The SMILES string of the molecule is CCCCCCCCCCCNC(=O)C1CCCCC1C(=O)O. The van der Waals surface area contributed by atoms with Gasteiger partial charge in [0.2, 0.25) is 5.91 Å². The molecule has 0 heterocycles. The highest BCUT2D eigenvalue weighted by molar-refractivity contribution is 5.84. The van der Waals surface area contributed by atoms with E-state index in [0.717, 1.165) is 32.1 Å². The molecule has 0 aromatic heterocycles. The zero-order valence-corrected chi connectivity index (χ0v) is 14.8. The van der Waals surface area contributed by atoms with Gasteiger partial charge in [-0.25, -0.2) is 0 Å². The van der Waals surface area contributed by atoms with Crippen molar-refractivity contribution in [3.63, 3.8) is 0 Å². The molecular formula is C19H35NO3. The average molecular weight is 325 g/mol. The number of carbonyl (C=O) groups is 2. The molecule has 2 atom stereocenters. The number of hydrogen-bond donors (Lipinski definition) is 2. The van der Waals surface area contributed by atoms with Crippen LogP contribution in [0.5, 0.6) is 0 Å². The van der Waals surface area contributed by atoms with Crippen LogP contribution in [0, 0.1) is 11.8 Å². The number of carboxylic acid groups (broad SMARTS) is 1. The molecule has 0 aliphatic heterocycles. The summed E-state index contributed by atoms with van der Waals surface area (Å²) in [5, 5.41) is 12.2. The largest absolute Gasteiger partial charge is 0.481 e. The maximum absolute atomic E-state index is 12.2. The van der Waals surface area contributed by atoms with Crippen LogP contribution in [0.1, 0.15) is 90.4 Å². The van der Waals surface area contributed by atoms with Gasteiger partial charge < -0.3 is 10.4 Å². The van der Waals surface area contributed by atoms with E-state index in [-0.39, 0.29) is 11.8 Å². The second kappa shape index (κ2) is 12.4. The molecule has 1 rings (SSSR count). The average Bonchev–Trinajstić information content (AvgIpc) is 2.56. The van der Waals surface area contributed by atoms with Crippen molar-refractivity contribution < 1.29 is 14.7 Å². The maximum atomic E-state index is 12.2. The summed E-state index contributed by atoms with van der Waals surface area (Å²) in [7, 11) is 0. The van der Waals surface area contributed by atoms with Crippen LogP contribution in [-0.2, 0) is 9.59 Å². The highest BCUT2D eigenvalue weighted by Gasteiger charge is 2.35. The molecule has 0 aromatic rings. The Bertz CT molecular complexity index is 344. The van der Waals surface area contributed by atoms with Gasteiger partial charge in [-0.05, 0) is 19.3 Å². The first-order chi connectivity index (χ1) is 11.2. The van der Waals surface area contributed by atoms with Crippen LogP contribution in [0.2, 0.25) is 0 Å². The Balaban J connectivity index is 2.04. The first kappa shape index (κ1) is 20.0. The fourth-order valence-corrected chi connectivity index (χ4v) is 3.52. The number of carboxylic acids is 1. The lowest BCUT2D eigenvalue weighted by Crippen LogP contribution is -2.40. The molecule has 1 aliphatic carbocycles. The van der Waals surface area contributed by atoms with Crippen LogP contribution in [0.3, 0.4) is 0 Å². The third-order valence-corrected chi connectivity index (χ3v) is 5.00. The lowest BCUT2D eigenvalue weighted by atomic mass is 9.78.